The van der Waals surface area contributed by atoms with E-state index in [4.69, 9.17) is 5.26 Å². The van der Waals surface area contributed by atoms with Crippen LogP contribution in [0.4, 0.5) is 5.69 Å². The van der Waals surface area contributed by atoms with Crippen molar-refractivity contribution in [1.82, 2.24) is 15.3 Å². The highest BCUT2D eigenvalue weighted by molar-refractivity contribution is 8.13. The van der Waals surface area contributed by atoms with Crippen molar-refractivity contribution in [3.05, 3.63) is 48.0 Å². The number of rotatable bonds is 3. The van der Waals surface area contributed by atoms with Gasteiger partial charge in [0.15, 0.2) is 11.4 Å². The molecule has 0 atom stereocenters. The zero-order chi connectivity index (χ0) is 17.8. The van der Waals surface area contributed by atoms with E-state index < -0.39 is 0 Å². The van der Waals surface area contributed by atoms with Crippen LogP contribution < -0.4 is 5.32 Å². The van der Waals surface area contributed by atoms with E-state index in [9.17, 15) is 0 Å². The molecular formula is C19H19N5S. The fourth-order valence-electron chi connectivity index (χ4n) is 2.51. The maximum Gasteiger partial charge on any atom is 0.183 e. The molecule has 1 aromatic heterocycles. The molecule has 0 unspecified atom stereocenters. The Labute approximate surface area is 151 Å². The molecule has 0 aliphatic rings. The van der Waals surface area contributed by atoms with Gasteiger partial charge in [-0.25, -0.2) is 9.98 Å². The van der Waals surface area contributed by atoms with Gasteiger partial charge in [0.25, 0.3) is 0 Å². The fraction of sp³-hybridized carbons (Fsp3) is 0.211. The molecule has 1 heterocycles. The summed E-state index contributed by atoms with van der Waals surface area (Å²) in [6.07, 6.45) is 3.76. The lowest BCUT2D eigenvalue weighted by atomic mass is 10.0. The van der Waals surface area contributed by atoms with Gasteiger partial charge in [0.2, 0.25) is 0 Å². The molecule has 25 heavy (non-hydrogen) atoms. The largest absolute Gasteiger partial charge is 0.338 e. The molecule has 0 radical (unpaired) electrons. The molecule has 0 saturated heterocycles. The number of imidazole rings is 1. The molecule has 0 aliphatic carbocycles. The van der Waals surface area contributed by atoms with Crippen molar-refractivity contribution in [3.8, 4) is 17.6 Å². The number of aliphatic imine (C=N–C) groups is 1. The van der Waals surface area contributed by atoms with Crippen LogP contribution in [0.15, 0.2) is 47.5 Å². The van der Waals surface area contributed by atoms with Crippen LogP contribution in [0.2, 0.25) is 0 Å². The summed E-state index contributed by atoms with van der Waals surface area (Å²) in [5.74, 6) is 1.33. The minimum Gasteiger partial charge on any atom is -0.338 e. The van der Waals surface area contributed by atoms with Crippen molar-refractivity contribution in [2.24, 2.45) is 4.99 Å². The van der Waals surface area contributed by atoms with Crippen molar-refractivity contribution < 1.29 is 0 Å². The first-order valence-corrected chi connectivity index (χ1v) is 9.21. The van der Waals surface area contributed by atoms with Crippen molar-refractivity contribution >= 4 is 33.7 Å². The summed E-state index contributed by atoms with van der Waals surface area (Å²) >= 11 is 1.39. The van der Waals surface area contributed by atoms with E-state index >= 15 is 0 Å². The van der Waals surface area contributed by atoms with Crippen LogP contribution in [0, 0.1) is 11.5 Å². The number of nitrogens with one attached hydrogen (secondary N) is 2. The second kappa shape index (κ2) is 7.41. The lowest BCUT2D eigenvalue weighted by molar-refractivity contribution is 0.868. The molecule has 0 amide bonds. The Morgan fingerprint density at radius 2 is 2.00 bits per heavy atom. The Bertz CT molecular complexity index is 948. The first-order chi connectivity index (χ1) is 12.1. The van der Waals surface area contributed by atoms with Crippen molar-refractivity contribution in [3.63, 3.8) is 0 Å². The molecule has 2 N–H and O–H groups in total. The van der Waals surface area contributed by atoms with Crippen molar-refractivity contribution in [2.45, 2.75) is 19.8 Å². The summed E-state index contributed by atoms with van der Waals surface area (Å²) in [7, 11) is 0. The first kappa shape index (κ1) is 17.1. The van der Waals surface area contributed by atoms with Gasteiger partial charge >= 0.3 is 0 Å². The summed E-state index contributed by atoms with van der Waals surface area (Å²) < 4.78 is 0. The fourth-order valence-corrected chi connectivity index (χ4v) is 2.85. The summed E-state index contributed by atoms with van der Waals surface area (Å²) in [5.41, 5.74) is 5.09. The highest BCUT2D eigenvalue weighted by Crippen LogP contribution is 2.25. The molecule has 0 spiro atoms. The second-order valence-electron chi connectivity index (χ2n) is 5.92. The minimum atomic E-state index is 0.487. The van der Waals surface area contributed by atoms with Gasteiger partial charge in [-0.3, -0.25) is 5.32 Å². The number of nitriles is 1. The lowest BCUT2D eigenvalue weighted by Crippen LogP contribution is -2.12. The summed E-state index contributed by atoms with van der Waals surface area (Å²) in [6.45, 7) is 4.36. The lowest BCUT2D eigenvalue weighted by Gasteiger charge is -2.03. The second-order valence-corrected chi connectivity index (χ2v) is 6.72. The summed E-state index contributed by atoms with van der Waals surface area (Å²) in [5, 5.41) is 11.8. The van der Waals surface area contributed by atoms with E-state index in [-0.39, 0.29) is 0 Å². The molecule has 5 nitrogen and oxygen atoms in total. The highest BCUT2D eigenvalue weighted by atomic mass is 32.2. The van der Waals surface area contributed by atoms with E-state index in [0.29, 0.717) is 11.1 Å². The first-order valence-electron chi connectivity index (χ1n) is 7.98. The number of aromatic nitrogens is 2. The maximum absolute atomic E-state index is 8.69. The Balaban J connectivity index is 1.89. The SMILES string of the molecule is CSC(=Nc1ccc(-c2nc3ccc(C(C)C)cc3[nH]2)cc1)NC#N. The summed E-state index contributed by atoms with van der Waals surface area (Å²) in [6, 6.07) is 14.1. The van der Waals surface area contributed by atoms with Crippen molar-refractivity contribution in [1.29, 1.82) is 5.26 Å². The van der Waals surface area contributed by atoms with Gasteiger partial charge in [0, 0.05) is 5.56 Å². The normalized spacial score (nSPS) is 11.7. The van der Waals surface area contributed by atoms with Crippen LogP contribution in [0.25, 0.3) is 22.4 Å². The van der Waals surface area contributed by atoms with Gasteiger partial charge in [-0.15, -0.1) is 0 Å². The Hall–Kier alpha value is -2.78. The van der Waals surface area contributed by atoms with E-state index in [1.165, 1.54) is 17.3 Å². The van der Waals surface area contributed by atoms with Gasteiger partial charge in [-0.2, -0.15) is 5.26 Å². The summed E-state index contributed by atoms with van der Waals surface area (Å²) in [4.78, 5) is 12.5. The molecule has 3 aromatic rings. The number of nitrogens with zero attached hydrogens (tertiary/aromatic N) is 3. The molecule has 126 valence electrons. The zero-order valence-electron chi connectivity index (χ0n) is 14.4. The highest BCUT2D eigenvalue weighted by Gasteiger charge is 2.07. The number of aromatic amines is 1. The number of H-pyrrole nitrogens is 1. The van der Waals surface area contributed by atoms with Crippen LogP contribution in [0.3, 0.4) is 0 Å². The third-order valence-electron chi connectivity index (χ3n) is 3.90. The van der Waals surface area contributed by atoms with Crippen LogP contribution >= 0.6 is 11.8 Å². The topological polar surface area (TPSA) is 76.9 Å². The number of hydrogen-bond acceptors (Lipinski definition) is 4. The average molecular weight is 349 g/mol. The van der Waals surface area contributed by atoms with Gasteiger partial charge in [-0.05, 0) is 54.1 Å². The van der Waals surface area contributed by atoms with Crippen LogP contribution in [-0.4, -0.2) is 21.4 Å². The number of amidine groups is 1. The Morgan fingerprint density at radius 3 is 2.64 bits per heavy atom. The van der Waals surface area contributed by atoms with Crippen molar-refractivity contribution in [2.75, 3.05) is 6.26 Å². The van der Waals surface area contributed by atoms with Gasteiger partial charge in [0.1, 0.15) is 5.82 Å². The van der Waals surface area contributed by atoms with E-state index in [1.54, 1.807) is 0 Å². The standard InChI is InChI=1S/C19H19N5S/c1-12(2)14-6-9-16-17(10-14)24-18(23-16)13-4-7-15(8-5-13)22-19(25-3)21-11-20/h4-10,12H,1-3H3,(H,21,22)(H,23,24). The van der Waals surface area contributed by atoms with Gasteiger partial charge in [-0.1, -0.05) is 31.7 Å². The smallest absolute Gasteiger partial charge is 0.183 e. The Morgan fingerprint density at radius 1 is 1.24 bits per heavy atom. The molecule has 2 aromatic carbocycles. The number of hydrogen-bond donors (Lipinski definition) is 2. The van der Waals surface area contributed by atoms with E-state index in [1.807, 2.05) is 36.7 Å². The van der Waals surface area contributed by atoms with E-state index in [0.717, 1.165) is 28.1 Å². The quantitative estimate of drug-likeness (QED) is 0.309. The van der Waals surface area contributed by atoms with Gasteiger partial charge in [0.05, 0.1) is 16.7 Å². The molecule has 0 bridgehead atoms. The molecule has 0 saturated carbocycles. The molecule has 0 fully saturated rings. The van der Waals surface area contributed by atoms with Crippen LogP contribution in [-0.2, 0) is 0 Å². The zero-order valence-corrected chi connectivity index (χ0v) is 15.2. The third kappa shape index (κ3) is 3.83. The molecule has 3 rings (SSSR count). The van der Waals surface area contributed by atoms with Crippen LogP contribution in [0.1, 0.15) is 25.3 Å². The predicted molar refractivity (Wildman–Crippen MR) is 105 cm³/mol. The van der Waals surface area contributed by atoms with E-state index in [2.05, 4.69) is 52.3 Å². The monoisotopic (exact) mass is 349 g/mol. The number of benzene rings is 2. The molecule has 6 heteroatoms. The molecule has 0 aliphatic heterocycles. The maximum atomic E-state index is 8.69. The third-order valence-corrected chi connectivity index (χ3v) is 4.48. The average Bonchev–Trinajstić information content (AvgIpc) is 3.05. The van der Waals surface area contributed by atoms with Gasteiger partial charge < -0.3 is 4.98 Å². The Kier molecular flexibility index (Phi) is 5.05. The molecular weight excluding hydrogens is 330 g/mol. The minimum absolute atomic E-state index is 0.487. The predicted octanol–water partition coefficient (Wildman–Crippen LogP) is 4.77. The number of thioether (sulfide) groups is 1. The number of fused-ring (bicyclic) bond motifs is 1. The van der Waals surface area contributed by atoms with Crippen LogP contribution in [0.5, 0.6) is 0 Å².